The van der Waals surface area contributed by atoms with Crippen molar-refractivity contribution in [3.63, 3.8) is 0 Å². The summed E-state index contributed by atoms with van der Waals surface area (Å²) in [6, 6.07) is 19.7. The summed E-state index contributed by atoms with van der Waals surface area (Å²) < 4.78 is 18.7. The van der Waals surface area contributed by atoms with Gasteiger partial charge in [0, 0.05) is 30.5 Å². The van der Waals surface area contributed by atoms with E-state index in [0.29, 0.717) is 30.1 Å². The van der Waals surface area contributed by atoms with Gasteiger partial charge in [-0.05, 0) is 42.0 Å². The lowest BCUT2D eigenvalue weighted by molar-refractivity contribution is -0.132. The second kappa shape index (κ2) is 11.3. The summed E-state index contributed by atoms with van der Waals surface area (Å²) in [7, 11) is 1.45. The van der Waals surface area contributed by atoms with E-state index in [1.54, 1.807) is 12.1 Å². The molecule has 0 fully saturated rings. The Bertz CT molecular complexity index is 1310. The molecule has 1 aliphatic heterocycles. The highest BCUT2D eigenvalue weighted by Gasteiger charge is 2.22. The van der Waals surface area contributed by atoms with Crippen molar-refractivity contribution in [2.75, 3.05) is 24.3 Å². The number of nitrogens with one attached hydrogen (secondary N) is 2. The van der Waals surface area contributed by atoms with Crippen molar-refractivity contribution in [2.45, 2.75) is 19.3 Å². The van der Waals surface area contributed by atoms with Crippen LogP contribution in [0.15, 0.2) is 77.9 Å². The van der Waals surface area contributed by atoms with Gasteiger partial charge < -0.3 is 15.4 Å². The van der Waals surface area contributed by atoms with E-state index in [1.165, 1.54) is 36.4 Å². The molecule has 0 spiro atoms. The van der Waals surface area contributed by atoms with Gasteiger partial charge in [0.15, 0.2) is 0 Å². The quantitative estimate of drug-likeness (QED) is 0.490. The number of methoxy groups -OCH3 is 1. The Balaban J connectivity index is 1.34. The van der Waals surface area contributed by atoms with Crippen LogP contribution in [0.4, 0.5) is 15.8 Å². The van der Waals surface area contributed by atoms with Gasteiger partial charge in [0.25, 0.3) is 5.91 Å². The van der Waals surface area contributed by atoms with E-state index in [2.05, 4.69) is 15.7 Å². The van der Waals surface area contributed by atoms with Crippen LogP contribution in [0.2, 0.25) is 0 Å². The molecule has 3 aromatic rings. The van der Waals surface area contributed by atoms with E-state index in [0.717, 1.165) is 17.3 Å². The number of anilines is 2. The van der Waals surface area contributed by atoms with Crippen LogP contribution in [0.3, 0.4) is 0 Å². The standard InChI is InChI=1S/C27H25FN4O4/c1-36-24-11-10-21(17-23(24)30-27(35)19-8-5-9-20(28)16-19)29-25(33)12-13-26(34)32-15-14-22(31-32)18-6-3-2-4-7-18/h2-11,16-17H,12-15H2,1H3,(H,29,33)(H,30,35). The van der Waals surface area contributed by atoms with E-state index < -0.39 is 11.7 Å². The first-order valence-electron chi connectivity index (χ1n) is 11.4. The summed E-state index contributed by atoms with van der Waals surface area (Å²) in [5, 5.41) is 11.2. The fraction of sp³-hybridized carbons (Fsp3) is 0.185. The molecule has 9 heteroatoms. The summed E-state index contributed by atoms with van der Waals surface area (Å²) in [6.45, 7) is 0.484. The molecular weight excluding hydrogens is 463 g/mol. The molecule has 1 aliphatic rings. The Morgan fingerprint density at radius 3 is 2.53 bits per heavy atom. The molecule has 0 saturated heterocycles. The molecule has 184 valence electrons. The molecule has 0 atom stereocenters. The molecule has 0 unspecified atom stereocenters. The highest BCUT2D eigenvalue weighted by molar-refractivity contribution is 6.06. The number of carbonyl (C=O) groups is 3. The van der Waals surface area contributed by atoms with Gasteiger partial charge in [0.2, 0.25) is 11.8 Å². The normalized spacial score (nSPS) is 12.6. The van der Waals surface area contributed by atoms with Gasteiger partial charge in [0.05, 0.1) is 25.1 Å². The lowest BCUT2D eigenvalue weighted by Gasteiger charge is -2.14. The fourth-order valence-electron chi connectivity index (χ4n) is 3.75. The highest BCUT2D eigenvalue weighted by Crippen LogP contribution is 2.28. The maximum absolute atomic E-state index is 13.5. The molecule has 2 N–H and O–H groups in total. The van der Waals surface area contributed by atoms with Crippen molar-refractivity contribution in [3.8, 4) is 5.75 Å². The molecule has 0 bridgehead atoms. The minimum atomic E-state index is -0.527. The third kappa shape index (κ3) is 6.12. The van der Waals surface area contributed by atoms with Gasteiger partial charge >= 0.3 is 0 Å². The molecule has 8 nitrogen and oxygen atoms in total. The average Bonchev–Trinajstić information content (AvgIpc) is 3.39. The zero-order chi connectivity index (χ0) is 25.5. The Labute approximate surface area is 207 Å². The lowest BCUT2D eigenvalue weighted by atomic mass is 10.1. The molecular formula is C27H25FN4O4. The topological polar surface area (TPSA) is 100 Å². The van der Waals surface area contributed by atoms with E-state index in [-0.39, 0.29) is 30.2 Å². The minimum Gasteiger partial charge on any atom is -0.495 e. The molecule has 0 aromatic heterocycles. The van der Waals surface area contributed by atoms with Crippen LogP contribution in [-0.2, 0) is 9.59 Å². The first-order chi connectivity index (χ1) is 17.4. The molecule has 1 heterocycles. The summed E-state index contributed by atoms with van der Waals surface area (Å²) in [5.41, 5.74) is 2.68. The number of ether oxygens (including phenoxy) is 1. The monoisotopic (exact) mass is 488 g/mol. The van der Waals surface area contributed by atoms with E-state index in [1.807, 2.05) is 30.3 Å². The van der Waals surface area contributed by atoms with E-state index >= 15 is 0 Å². The zero-order valence-corrected chi connectivity index (χ0v) is 19.7. The van der Waals surface area contributed by atoms with E-state index in [9.17, 15) is 18.8 Å². The van der Waals surface area contributed by atoms with Crippen LogP contribution >= 0.6 is 0 Å². The number of hydrogen-bond donors (Lipinski definition) is 2. The van der Waals surface area contributed by atoms with Crippen molar-refractivity contribution < 1.29 is 23.5 Å². The molecule has 4 rings (SSSR count). The van der Waals surface area contributed by atoms with Crippen LogP contribution in [0.1, 0.15) is 35.2 Å². The third-order valence-electron chi connectivity index (χ3n) is 5.58. The maximum atomic E-state index is 13.5. The minimum absolute atomic E-state index is 0.0106. The van der Waals surface area contributed by atoms with Crippen LogP contribution < -0.4 is 15.4 Å². The summed E-state index contributed by atoms with van der Waals surface area (Å²) in [6.07, 6.45) is 0.650. The van der Waals surface area contributed by atoms with Crippen molar-refractivity contribution in [1.29, 1.82) is 0 Å². The van der Waals surface area contributed by atoms with Crippen molar-refractivity contribution in [1.82, 2.24) is 5.01 Å². The number of carbonyl (C=O) groups excluding carboxylic acids is 3. The zero-order valence-electron chi connectivity index (χ0n) is 19.7. The molecule has 0 radical (unpaired) electrons. The SMILES string of the molecule is COc1ccc(NC(=O)CCC(=O)N2CCC(c3ccccc3)=N2)cc1NC(=O)c1cccc(F)c1. The van der Waals surface area contributed by atoms with Crippen LogP contribution in [0.5, 0.6) is 5.75 Å². The average molecular weight is 489 g/mol. The van der Waals surface area contributed by atoms with Gasteiger partial charge in [0.1, 0.15) is 11.6 Å². The van der Waals surface area contributed by atoms with Crippen molar-refractivity contribution in [3.05, 3.63) is 89.7 Å². The van der Waals surface area contributed by atoms with Crippen LogP contribution in [0, 0.1) is 5.82 Å². The number of rotatable bonds is 8. The van der Waals surface area contributed by atoms with Crippen molar-refractivity contribution >= 4 is 34.8 Å². The Morgan fingerprint density at radius 2 is 1.78 bits per heavy atom. The van der Waals surface area contributed by atoms with Crippen LogP contribution in [0.25, 0.3) is 0 Å². The predicted octanol–water partition coefficient (Wildman–Crippen LogP) is 4.44. The van der Waals surface area contributed by atoms with E-state index in [4.69, 9.17) is 4.74 Å². The Morgan fingerprint density at radius 1 is 0.972 bits per heavy atom. The van der Waals surface area contributed by atoms with Crippen molar-refractivity contribution in [2.24, 2.45) is 5.10 Å². The number of benzene rings is 3. The first-order valence-corrected chi connectivity index (χ1v) is 11.4. The highest BCUT2D eigenvalue weighted by atomic mass is 19.1. The first kappa shape index (κ1) is 24.6. The van der Waals surface area contributed by atoms with Gasteiger partial charge in [-0.1, -0.05) is 36.4 Å². The smallest absolute Gasteiger partial charge is 0.255 e. The third-order valence-corrected chi connectivity index (χ3v) is 5.58. The predicted molar refractivity (Wildman–Crippen MR) is 135 cm³/mol. The second-order valence-electron chi connectivity index (χ2n) is 8.11. The second-order valence-corrected chi connectivity index (χ2v) is 8.11. The Hall–Kier alpha value is -4.53. The Kier molecular flexibility index (Phi) is 7.69. The summed E-state index contributed by atoms with van der Waals surface area (Å²) in [4.78, 5) is 37.5. The number of amides is 3. The fourth-order valence-corrected chi connectivity index (χ4v) is 3.75. The summed E-state index contributed by atoms with van der Waals surface area (Å²) >= 11 is 0. The number of halogens is 1. The molecule has 36 heavy (non-hydrogen) atoms. The largest absolute Gasteiger partial charge is 0.495 e. The summed E-state index contributed by atoms with van der Waals surface area (Å²) in [5.74, 6) is -1.27. The number of hydrogen-bond acceptors (Lipinski definition) is 5. The number of nitrogens with zero attached hydrogens (tertiary/aromatic N) is 2. The maximum Gasteiger partial charge on any atom is 0.255 e. The van der Waals surface area contributed by atoms with Gasteiger partial charge in [-0.3, -0.25) is 14.4 Å². The van der Waals surface area contributed by atoms with Gasteiger partial charge in [-0.25, -0.2) is 9.40 Å². The van der Waals surface area contributed by atoms with Gasteiger partial charge in [-0.2, -0.15) is 5.10 Å². The molecule has 3 amide bonds. The molecule has 3 aromatic carbocycles. The van der Waals surface area contributed by atoms with Crippen LogP contribution in [-0.4, -0.2) is 42.1 Å². The number of hydrazone groups is 1. The van der Waals surface area contributed by atoms with Gasteiger partial charge in [-0.15, -0.1) is 0 Å². The molecule has 0 saturated carbocycles. The molecule has 0 aliphatic carbocycles. The lowest BCUT2D eigenvalue weighted by Crippen LogP contribution is -2.25.